The molecule has 0 amide bonds. The predicted molar refractivity (Wildman–Crippen MR) is 71.3 cm³/mol. The quantitative estimate of drug-likeness (QED) is 0.868. The van der Waals surface area contributed by atoms with Crippen LogP contribution in [0.3, 0.4) is 0 Å². The molecular formula is C13H18FNO4S. The van der Waals surface area contributed by atoms with Gasteiger partial charge in [-0.15, -0.1) is 0 Å². The molecule has 0 spiro atoms. The summed E-state index contributed by atoms with van der Waals surface area (Å²) in [7, 11) is -3.98. The fourth-order valence-corrected chi connectivity index (χ4v) is 3.33. The Bertz CT molecular complexity index is 582. The molecule has 0 aromatic heterocycles. The van der Waals surface area contributed by atoms with E-state index in [1.54, 1.807) is 6.92 Å². The molecule has 0 aliphatic carbocycles. The van der Waals surface area contributed by atoms with Crippen molar-refractivity contribution in [2.45, 2.75) is 30.3 Å². The molecule has 1 fully saturated rings. The number of sulfonamides is 1. The van der Waals surface area contributed by atoms with E-state index in [0.29, 0.717) is 31.6 Å². The summed E-state index contributed by atoms with van der Waals surface area (Å²) in [6.45, 7) is 2.31. The minimum atomic E-state index is -3.98. The number of hydrogen-bond acceptors (Lipinski definition) is 4. The number of hydrogen-bond donors (Lipinski definition) is 2. The highest BCUT2D eigenvalue weighted by Gasteiger charge is 2.32. The third-order valence-corrected chi connectivity index (χ3v) is 4.81. The lowest BCUT2D eigenvalue weighted by Gasteiger charge is -2.31. The largest absolute Gasteiger partial charge is 0.388 e. The topological polar surface area (TPSA) is 75.6 Å². The van der Waals surface area contributed by atoms with Gasteiger partial charge in [0.1, 0.15) is 10.7 Å². The Labute approximate surface area is 117 Å². The van der Waals surface area contributed by atoms with Gasteiger partial charge in [0.05, 0.1) is 5.60 Å². The Hall–Kier alpha value is -1.02. The van der Waals surface area contributed by atoms with Crippen molar-refractivity contribution in [2.75, 3.05) is 19.8 Å². The molecule has 112 valence electrons. The van der Waals surface area contributed by atoms with Gasteiger partial charge in [0.25, 0.3) is 0 Å². The maximum atomic E-state index is 13.6. The van der Waals surface area contributed by atoms with Gasteiger partial charge < -0.3 is 9.84 Å². The maximum absolute atomic E-state index is 13.6. The Morgan fingerprint density at radius 2 is 2.05 bits per heavy atom. The Morgan fingerprint density at radius 1 is 1.40 bits per heavy atom. The van der Waals surface area contributed by atoms with Gasteiger partial charge in [-0.2, -0.15) is 0 Å². The first-order chi connectivity index (χ1) is 9.32. The van der Waals surface area contributed by atoms with E-state index in [4.69, 9.17) is 4.74 Å². The number of nitrogens with one attached hydrogen (secondary N) is 1. The fraction of sp³-hybridized carbons (Fsp3) is 0.538. The van der Waals surface area contributed by atoms with E-state index in [1.807, 2.05) is 0 Å². The molecule has 0 bridgehead atoms. The van der Waals surface area contributed by atoms with E-state index in [0.717, 1.165) is 6.07 Å². The average Bonchev–Trinajstić information content (AvgIpc) is 2.40. The van der Waals surface area contributed by atoms with Crippen molar-refractivity contribution in [2.24, 2.45) is 0 Å². The van der Waals surface area contributed by atoms with Crippen LogP contribution < -0.4 is 4.72 Å². The molecule has 1 aromatic rings. The van der Waals surface area contributed by atoms with Gasteiger partial charge in [-0.1, -0.05) is 6.07 Å². The summed E-state index contributed by atoms with van der Waals surface area (Å²) in [6.07, 6.45) is 0.706. The molecule has 1 aromatic carbocycles. The molecule has 0 saturated carbocycles. The van der Waals surface area contributed by atoms with E-state index in [1.165, 1.54) is 12.1 Å². The van der Waals surface area contributed by atoms with E-state index >= 15 is 0 Å². The van der Waals surface area contributed by atoms with Crippen LogP contribution >= 0.6 is 0 Å². The van der Waals surface area contributed by atoms with Crippen molar-refractivity contribution in [3.05, 3.63) is 29.6 Å². The lowest BCUT2D eigenvalue weighted by atomic mass is 9.95. The minimum absolute atomic E-state index is 0.147. The van der Waals surface area contributed by atoms with Crippen molar-refractivity contribution < 1.29 is 22.7 Å². The molecule has 5 nitrogen and oxygen atoms in total. The van der Waals surface area contributed by atoms with Crippen molar-refractivity contribution in [3.8, 4) is 0 Å². The summed E-state index contributed by atoms with van der Waals surface area (Å²) in [5, 5.41) is 10.2. The molecular weight excluding hydrogens is 285 g/mol. The summed E-state index contributed by atoms with van der Waals surface area (Å²) in [6, 6.07) is 3.89. The number of ether oxygens (including phenoxy) is 1. The van der Waals surface area contributed by atoms with E-state index in [9.17, 15) is 17.9 Å². The van der Waals surface area contributed by atoms with Crippen molar-refractivity contribution >= 4 is 10.0 Å². The molecule has 0 radical (unpaired) electrons. The SMILES string of the molecule is Cc1ccc(F)c(S(=O)(=O)NCC2(O)CCOCC2)c1. The molecule has 1 aliphatic rings. The van der Waals surface area contributed by atoms with E-state index < -0.39 is 26.3 Å². The van der Waals surface area contributed by atoms with Crippen LogP contribution in [0.5, 0.6) is 0 Å². The van der Waals surface area contributed by atoms with Gasteiger partial charge in [0.15, 0.2) is 0 Å². The molecule has 1 saturated heterocycles. The molecule has 0 atom stereocenters. The molecule has 7 heteroatoms. The standard InChI is InChI=1S/C13H18FNO4S/c1-10-2-3-11(14)12(8-10)20(17,18)15-9-13(16)4-6-19-7-5-13/h2-3,8,15-16H,4-7,9H2,1H3. The molecule has 2 rings (SSSR count). The second-order valence-corrected chi connectivity index (χ2v) is 6.83. The number of rotatable bonds is 4. The van der Waals surface area contributed by atoms with Crippen LogP contribution in [-0.2, 0) is 14.8 Å². The van der Waals surface area contributed by atoms with Crippen molar-refractivity contribution in [1.82, 2.24) is 4.72 Å². The van der Waals surface area contributed by atoms with Crippen LogP contribution in [0.4, 0.5) is 4.39 Å². The Morgan fingerprint density at radius 3 is 2.70 bits per heavy atom. The summed E-state index contributed by atoms with van der Waals surface area (Å²) in [4.78, 5) is -0.395. The minimum Gasteiger partial charge on any atom is -0.388 e. The first-order valence-corrected chi connectivity index (χ1v) is 7.87. The zero-order valence-corrected chi connectivity index (χ0v) is 12.0. The van der Waals surface area contributed by atoms with Gasteiger partial charge in [0.2, 0.25) is 10.0 Å². The average molecular weight is 303 g/mol. The second-order valence-electron chi connectivity index (χ2n) is 5.10. The zero-order chi connectivity index (χ0) is 14.8. The van der Waals surface area contributed by atoms with Gasteiger partial charge in [-0.25, -0.2) is 17.5 Å². The number of halogens is 1. The normalized spacial score (nSPS) is 18.9. The van der Waals surface area contributed by atoms with Crippen LogP contribution in [0.1, 0.15) is 18.4 Å². The number of aliphatic hydroxyl groups is 1. The first-order valence-electron chi connectivity index (χ1n) is 6.38. The highest BCUT2D eigenvalue weighted by Crippen LogP contribution is 2.21. The lowest BCUT2D eigenvalue weighted by Crippen LogP contribution is -2.46. The summed E-state index contributed by atoms with van der Waals surface area (Å²) < 4.78 is 45.2. The summed E-state index contributed by atoms with van der Waals surface area (Å²) in [5.41, 5.74) is -0.484. The molecule has 1 heterocycles. The van der Waals surface area contributed by atoms with Gasteiger partial charge in [0, 0.05) is 32.6 Å². The highest BCUT2D eigenvalue weighted by molar-refractivity contribution is 7.89. The van der Waals surface area contributed by atoms with Crippen LogP contribution in [0.2, 0.25) is 0 Å². The van der Waals surface area contributed by atoms with Gasteiger partial charge >= 0.3 is 0 Å². The Kier molecular flexibility index (Phi) is 4.43. The number of benzene rings is 1. The molecule has 20 heavy (non-hydrogen) atoms. The van der Waals surface area contributed by atoms with Crippen molar-refractivity contribution in [1.29, 1.82) is 0 Å². The second kappa shape index (κ2) is 5.77. The van der Waals surface area contributed by atoms with Gasteiger partial charge in [-0.3, -0.25) is 0 Å². The van der Waals surface area contributed by atoms with Crippen LogP contribution in [0.15, 0.2) is 23.1 Å². The zero-order valence-electron chi connectivity index (χ0n) is 11.2. The van der Waals surface area contributed by atoms with Gasteiger partial charge in [-0.05, 0) is 24.6 Å². The molecule has 0 unspecified atom stereocenters. The monoisotopic (exact) mass is 303 g/mol. The predicted octanol–water partition coefficient (Wildman–Crippen LogP) is 0.954. The maximum Gasteiger partial charge on any atom is 0.243 e. The van der Waals surface area contributed by atoms with Crippen LogP contribution in [0, 0.1) is 12.7 Å². The Balaban J connectivity index is 2.13. The van der Waals surface area contributed by atoms with E-state index in [-0.39, 0.29) is 6.54 Å². The number of aryl methyl sites for hydroxylation is 1. The van der Waals surface area contributed by atoms with Crippen LogP contribution in [-0.4, -0.2) is 38.9 Å². The lowest BCUT2D eigenvalue weighted by molar-refractivity contribution is -0.0588. The molecule has 1 aliphatic heterocycles. The third-order valence-electron chi connectivity index (χ3n) is 3.39. The first kappa shape index (κ1) is 15.4. The summed E-state index contributed by atoms with van der Waals surface area (Å²) >= 11 is 0. The van der Waals surface area contributed by atoms with Crippen LogP contribution in [0.25, 0.3) is 0 Å². The van der Waals surface area contributed by atoms with Crippen molar-refractivity contribution in [3.63, 3.8) is 0 Å². The smallest absolute Gasteiger partial charge is 0.243 e. The highest BCUT2D eigenvalue weighted by atomic mass is 32.2. The third kappa shape index (κ3) is 3.54. The van der Waals surface area contributed by atoms with E-state index in [2.05, 4.69) is 4.72 Å². The fourth-order valence-electron chi connectivity index (χ4n) is 2.05. The molecule has 2 N–H and O–H groups in total. The summed E-state index contributed by atoms with van der Waals surface area (Å²) in [5.74, 6) is -0.804.